The molecule has 1 aromatic carbocycles. The van der Waals surface area contributed by atoms with E-state index >= 15 is 0 Å². The zero-order valence-electron chi connectivity index (χ0n) is 8.05. The van der Waals surface area contributed by atoms with Crippen molar-refractivity contribution in [2.75, 3.05) is 23.7 Å². The van der Waals surface area contributed by atoms with Gasteiger partial charge in [-0.05, 0) is 12.1 Å². The Morgan fingerprint density at radius 2 is 2.20 bits per heavy atom. The molecule has 5 nitrogen and oxygen atoms in total. The van der Waals surface area contributed by atoms with Crippen LogP contribution in [-0.4, -0.2) is 24.2 Å². The second-order valence-corrected chi connectivity index (χ2v) is 2.97. The van der Waals surface area contributed by atoms with E-state index in [0.29, 0.717) is 11.4 Å². The van der Waals surface area contributed by atoms with Gasteiger partial charge < -0.3 is 15.7 Å². The molecule has 0 amide bonds. The number of hydrogen-bond donors (Lipinski definition) is 2. The fourth-order valence-corrected chi connectivity index (χ4v) is 1.25. The van der Waals surface area contributed by atoms with Gasteiger partial charge in [0.25, 0.3) is 0 Å². The maximum Gasteiger partial charge on any atom is 0.323 e. The lowest BCUT2D eigenvalue weighted by Crippen LogP contribution is -2.30. The summed E-state index contributed by atoms with van der Waals surface area (Å²) in [5.41, 5.74) is 6.72. The van der Waals surface area contributed by atoms with Crippen LogP contribution in [0, 0.1) is 11.3 Å². The topological polar surface area (TPSA) is 90.3 Å². The standard InChI is InChI=1S/C10H11N3O2/c11-5-6-13(7-10(14)15)9-4-2-1-3-8(9)12/h1-4H,6-7,12H2,(H,14,15). The number of para-hydroxylation sites is 2. The molecule has 0 saturated heterocycles. The Bertz CT molecular complexity index is 398. The summed E-state index contributed by atoms with van der Waals surface area (Å²) in [5.74, 6) is -0.992. The summed E-state index contributed by atoms with van der Waals surface area (Å²) in [6.07, 6.45) is 0. The number of nitriles is 1. The second-order valence-electron chi connectivity index (χ2n) is 2.97. The molecule has 0 bridgehead atoms. The number of hydrogen-bond acceptors (Lipinski definition) is 4. The SMILES string of the molecule is N#CCN(CC(=O)O)c1ccccc1N. The van der Waals surface area contributed by atoms with Crippen molar-refractivity contribution in [2.45, 2.75) is 0 Å². The van der Waals surface area contributed by atoms with Gasteiger partial charge in [0.2, 0.25) is 0 Å². The minimum atomic E-state index is -0.992. The van der Waals surface area contributed by atoms with Gasteiger partial charge in [0, 0.05) is 0 Å². The quantitative estimate of drug-likeness (QED) is 0.557. The van der Waals surface area contributed by atoms with Crippen LogP contribution in [0.25, 0.3) is 0 Å². The van der Waals surface area contributed by atoms with Gasteiger partial charge in [-0.15, -0.1) is 0 Å². The summed E-state index contributed by atoms with van der Waals surface area (Å²) in [4.78, 5) is 12.0. The number of benzene rings is 1. The van der Waals surface area contributed by atoms with Crippen LogP contribution in [0.4, 0.5) is 11.4 Å². The van der Waals surface area contributed by atoms with Gasteiger partial charge in [-0.1, -0.05) is 12.1 Å². The number of anilines is 2. The Kier molecular flexibility index (Phi) is 3.52. The number of nitrogen functional groups attached to an aromatic ring is 1. The Morgan fingerprint density at radius 3 is 2.73 bits per heavy atom. The van der Waals surface area contributed by atoms with Gasteiger partial charge in [0.05, 0.1) is 17.4 Å². The van der Waals surface area contributed by atoms with Crippen molar-refractivity contribution in [3.8, 4) is 6.07 Å². The molecule has 0 aliphatic heterocycles. The molecule has 0 radical (unpaired) electrons. The van der Waals surface area contributed by atoms with E-state index in [4.69, 9.17) is 16.1 Å². The van der Waals surface area contributed by atoms with E-state index in [1.54, 1.807) is 24.3 Å². The molecule has 15 heavy (non-hydrogen) atoms. The van der Waals surface area contributed by atoms with E-state index in [0.717, 1.165) is 0 Å². The van der Waals surface area contributed by atoms with E-state index < -0.39 is 5.97 Å². The molecule has 0 aromatic heterocycles. The number of nitrogens with two attached hydrogens (primary N) is 1. The molecule has 0 spiro atoms. The van der Waals surface area contributed by atoms with E-state index in [-0.39, 0.29) is 13.1 Å². The van der Waals surface area contributed by atoms with Crippen molar-refractivity contribution >= 4 is 17.3 Å². The minimum Gasteiger partial charge on any atom is -0.480 e. The molecule has 0 unspecified atom stereocenters. The average molecular weight is 205 g/mol. The molecule has 0 aliphatic carbocycles. The number of rotatable bonds is 4. The lowest BCUT2D eigenvalue weighted by atomic mass is 10.2. The van der Waals surface area contributed by atoms with Crippen molar-refractivity contribution in [3.05, 3.63) is 24.3 Å². The van der Waals surface area contributed by atoms with Crippen LogP contribution in [-0.2, 0) is 4.79 Å². The van der Waals surface area contributed by atoms with Crippen molar-refractivity contribution in [2.24, 2.45) is 0 Å². The van der Waals surface area contributed by atoms with Gasteiger partial charge in [0.1, 0.15) is 13.1 Å². The fraction of sp³-hybridized carbons (Fsp3) is 0.200. The van der Waals surface area contributed by atoms with Crippen LogP contribution in [0.5, 0.6) is 0 Å². The highest BCUT2D eigenvalue weighted by molar-refractivity contribution is 5.77. The summed E-state index contributed by atoms with van der Waals surface area (Å²) in [7, 11) is 0. The Hall–Kier alpha value is -2.22. The fourth-order valence-electron chi connectivity index (χ4n) is 1.25. The van der Waals surface area contributed by atoms with E-state index in [2.05, 4.69) is 0 Å². The molecule has 0 fully saturated rings. The molecule has 1 aromatic rings. The first-order valence-electron chi connectivity index (χ1n) is 4.33. The van der Waals surface area contributed by atoms with Crippen molar-refractivity contribution in [1.29, 1.82) is 5.26 Å². The third-order valence-electron chi connectivity index (χ3n) is 1.87. The molecule has 5 heteroatoms. The Morgan fingerprint density at radius 1 is 1.53 bits per heavy atom. The van der Waals surface area contributed by atoms with Gasteiger partial charge in [0.15, 0.2) is 0 Å². The average Bonchev–Trinajstić information content (AvgIpc) is 2.17. The maximum absolute atomic E-state index is 10.6. The summed E-state index contributed by atoms with van der Waals surface area (Å²) in [6, 6.07) is 8.77. The van der Waals surface area contributed by atoms with Gasteiger partial charge >= 0.3 is 5.97 Å². The highest BCUT2D eigenvalue weighted by Crippen LogP contribution is 2.21. The molecule has 0 atom stereocenters. The minimum absolute atomic E-state index is 0.000509. The molecule has 0 saturated carbocycles. The van der Waals surface area contributed by atoms with Crippen LogP contribution >= 0.6 is 0 Å². The smallest absolute Gasteiger partial charge is 0.323 e. The Balaban J connectivity index is 2.94. The molecule has 78 valence electrons. The first-order valence-corrected chi connectivity index (χ1v) is 4.33. The van der Waals surface area contributed by atoms with E-state index in [9.17, 15) is 4.79 Å². The molecule has 0 heterocycles. The number of carboxylic acid groups (broad SMARTS) is 1. The summed E-state index contributed by atoms with van der Waals surface area (Å²) in [5, 5.41) is 17.2. The molecular formula is C10H11N3O2. The summed E-state index contributed by atoms with van der Waals surface area (Å²) in [6.45, 7) is -0.234. The number of aliphatic carboxylic acids is 1. The summed E-state index contributed by atoms with van der Waals surface area (Å²) < 4.78 is 0. The molecule has 3 N–H and O–H groups in total. The van der Waals surface area contributed by atoms with Crippen LogP contribution in [0.3, 0.4) is 0 Å². The molecule has 0 aliphatic rings. The highest BCUT2D eigenvalue weighted by atomic mass is 16.4. The van der Waals surface area contributed by atoms with Crippen LogP contribution in [0.1, 0.15) is 0 Å². The zero-order chi connectivity index (χ0) is 11.3. The molecule has 1 rings (SSSR count). The van der Waals surface area contributed by atoms with Crippen molar-refractivity contribution in [3.63, 3.8) is 0 Å². The van der Waals surface area contributed by atoms with Crippen LogP contribution < -0.4 is 10.6 Å². The van der Waals surface area contributed by atoms with E-state index in [1.165, 1.54) is 4.90 Å². The first-order chi connectivity index (χ1) is 7.15. The largest absolute Gasteiger partial charge is 0.480 e. The number of nitrogens with zero attached hydrogens (tertiary/aromatic N) is 2. The zero-order valence-corrected chi connectivity index (χ0v) is 8.05. The third kappa shape index (κ3) is 2.88. The molecular weight excluding hydrogens is 194 g/mol. The third-order valence-corrected chi connectivity index (χ3v) is 1.87. The lowest BCUT2D eigenvalue weighted by molar-refractivity contribution is -0.135. The second kappa shape index (κ2) is 4.86. The summed E-state index contributed by atoms with van der Waals surface area (Å²) >= 11 is 0. The Labute approximate surface area is 87.3 Å². The predicted molar refractivity (Wildman–Crippen MR) is 56.3 cm³/mol. The first kappa shape index (κ1) is 10.9. The number of carboxylic acids is 1. The van der Waals surface area contributed by atoms with Crippen molar-refractivity contribution < 1.29 is 9.90 Å². The van der Waals surface area contributed by atoms with Crippen LogP contribution in [0.2, 0.25) is 0 Å². The van der Waals surface area contributed by atoms with Gasteiger partial charge in [-0.3, -0.25) is 4.79 Å². The van der Waals surface area contributed by atoms with Crippen molar-refractivity contribution in [1.82, 2.24) is 0 Å². The maximum atomic E-state index is 10.6. The van der Waals surface area contributed by atoms with Crippen LogP contribution in [0.15, 0.2) is 24.3 Å². The monoisotopic (exact) mass is 205 g/mol. The lowest BCUT2D eigenvalue weighted by Gasteiger charge is -2.20. The van der Waals surface area contributed by atoms with Gasteiger partial charge in [-0.25, -0.2) is 0 Å². The predicted octanol–water partition coefficient (Wildman–Crippen LogP) is 0.683. The normalized spacial score (nSPS) is 9.27. The van der Waals surface area contributed by atoms with E-state index in [1.807, 2.05) is 6.07 Å². The number of carbonyl (C=O) groups is 1. The highest BCUT2D eigenvalue weighted by Gasteiger charge is 2.11. The van der Waals surface area contributed by atoms with Gasteiger partial charge in [-0.2, -0.15) is 5.26 Å².